The van der Waals surface area contributed by atoms with Gasteiger partial charge < -0.3 is 66.9 Å². The molecule has 16 nitrogen and oxygen atoms in total. The third-order valence-corrected chi connectivity index (χ3v) is 13.9. The number of benzene rings is 4. The van der Waals surface area contributed by atoms with Crippen molar-refractivity contribution in [2.45, 2.75) is 64.0 Å². The van der Waals surface area contributed by atoms with Gasteiger partial charge in [0.2, 0.25) is 5.75 Å². The maximum Gasteiger partial charge on any atom is 0.384 e. The minimum absolute atomic E-state index is 0.0521. The Bertz CT molecular complexity index is 2530. The zero-order valence-electron chi connectivity index (χ0n) is 41.4. The van der Waals surface area contributed by atoms with E-state index < -0.39 is 11.9 Å². The van der Waals surface area contributed by atoms with Gasteiger partial charge in [0.15, 0.2) is 23.0 Å². The number of fused-ring (bicyclic) bond motifs is 2. The molecule has 6 rings (SSSR count). The van der Waals surface area contributed by atoms with Crippen molar-refractivity contribution < 1.29 is 76.5 Å². The lowest BCUT2D eigenvalue weighted by Crippen LogP contribution is -2.52. The number of quaternary nitrogens is 2. The highest BCUT2D eigenvalue weighted by molar-refractivity contribution is 5.98. The Morgan fingerprint density at radius 3 is 1.71 bits per heavy atom. The van der Waals surface area contributed by atoms with Crippen LogP contribution < -0.4 is 33.2 Å². The highest BCUT2D eigenvalue weighted by Gasteiger charge is 2.45. The summed E-state index contributed by atoms with van der Waals surface area (Å²) in [5, 5.41) is 30.8. The summed E-state index contributed by atoms with van der Waals surface area (Å²) in [7, 11) is 15.5. The van der Waals surface area contributed by atoms with Gasteiger partial charge in [-0.2, -0.15) is 0 Å². The van der Waals surface area contributed by atoms with Gasteiger partial charge in [0.1, 0.15) is 23.6 Å². The second kappa shape index (κ2) is 23.4. The Balaban J connectivity index is 1.10. The van der Waals surface area contributed by atoms with Crippen molar-refractivity contribution in [3.8, 4) is 52.1 Å². The number of carbonyl (C=O) groups excluding carboxylic acids is 2. The Morgan fingerprint density at radius 1 is 0.580 bits per heavy atom. The maximum atomic E-state index is 12.8. The molecular formula is C53H68N2O14+2. The van der Waals surface area contributed by atoms with Gasteiger partial charge in [0, 0.05) is 60.6 Å². The molecule has 0 saturated heterocycles. The summed E-state index contributed by atoms with van der Waals surface area (Å²) in [4.78, 5) is 25.6. The van der Waals surface area contributed by atoms with Crippen LogP contribution in [0, 0.1) is 11.8 Å². The van der Waals surface area contributed by atoms with E-state index in [1.165, 1.54) is 0 Å². The Hall–Kier alpha value is -6.22. The fraction of sp³-hybridized carbons (Fsp3) is 0.472. The number of aliphatic hydroxyl groups excluding tert-OH is 3. The first-order chi connectivity index (χ1) is 33.3. The molecule has 0 spiro atoms. The summed E-state index contributed by atoms with van der Waals surface area (Å²) in [6.45, 7) is 2.07. The monoisotopic (exact) mass is 956 g/mol. The third kappa shape index (κ3) is 11.1. The average Bonchev–Trinajstić information content (AvgIpc) is 3.37. The van der Waals surface area contributed by atoms with Crippen LogP contribution >= 0.6 is 0 Å². The van der Waals surface area contributed by atoms with Crippen LogP contribution in [-0.2, 0) is 58.1 Å². The van der Waals surface area contributed by atoms with Crippen molar-refractivity contribution in [3.63, 3.8) is 0 Å². The summed E-state index contributed by atoms with van der Waals surface area (Å²) in [6, 6.07) is 15.2. The van der Waals surface area contributed by atoms with Gasteiger partial charge in [-0.05, 0) is 58.7 Å². The maximum absolute atomic E-state index is 12.8. The molecule has 4 atom stereocenters. The predicted molar refractivity (Wildman–Crippen MR) is 256 cm³/mol. The Morgan fingerprint density at radius 2 is 1.14 bits per heavy atom. The molecule has 0 radical (unpaired) electrons. The van der Waals surface area contributed by atoms with Crippen LogP contribution in [0.15, 0.2) is 48.5 Å². The van der Waals surface area contributed by atoms with Crippen LogP contribution in [0.1, 0.15) is 75.0 Å². The van der Waals surface area contributed by atoms with E-state index in [1.54, 1.807) is 49.8 Å². The number of aliphatic hydroxyl groups is 3. The lowest BCUT2D eigenvalue weighted by atomic mass is 9.82. The Labute approximate surface area is 405 Å². The van der Waals surface area contributed by atoms with Crippen molar-refractivity contribution in [1.29, 1.82) is 0 Å². The second-order valence-corrected chi connectivity index (χ2v) is 17.8. The largest absolute Gasteiger partial charge is 0.496 e. The number of hydrogen-bond donors (Lipinski definition) is 3. The van der Waals surface area contributed by atoms with Gasteiger partial charge in [-0.25, -0.2) is 9.59 Å². The van der Waals surface area contributed by atoms with E-state index in [0.29, 0.717) is 111 Å². The number of rotatable bonds is 21. The summed E-state index contributed by atoms with van der Waals surface area (Å²) in [6.07, 6.45) is 3.05. The van der Waals surface area contributed by atoms with E-state index in [4.69, 9.17) is 42.6 Å². The molecule has 0 amide bonds. The van der Waals surface area contributed by atoms with Crippen molar-refractivity contribution in [1.82, 2.24) is 0 Å². The first-order valence-electron chi connectivity index (χ1n) is 23.1. The van der Waals surface area contributed by atoms with Gasteiger partial charge in [0.25, 0.3) is 0 Å². The fourth-order valence-electron chi connectivity index (χ4n) is 10.4. The quantitative estimate of drug-likeness (QED) is 0.0328. The summed E-state index contributed by atoms with van der Waals surface area (Å²) in [5.74, 6) is 6.99. The molecule has 16 heteroatoms. The summed E-state index contributed by atoms with van der Waals surface area (Å²) >= 11 is 0. The molecule has 2 aliphatic heterocycles. The first kappa shape index (κ1) is 52.2. The zero-order chi connectivity index (χ0) is 49.9. The molecular weight excluding hydrogens is 889 g/mol. The number of methoxy groups -OCH3 is 7. The summed E-state index contributed by atoms with van der Waals surface area (Å²) < 4.78 is 52.3. The predicted octanol–water partition coefficient (Wildman–Crippen LogP) is 5.17. The Kier molecular flexibility index (Phi) is 17.7. The van der Waals surface area contributed by atoms with E-state index in [0.717, 1.165) is 46.3 Å². The van der Waals surface area contributed by atoms with Crippen LogP contribution in [0.3, 0.4) is 0 Å². The minimum Gasteiger partial charge on any atom is -0.496 e. The molecule has 69 heavy (non-hydrogen) atoms. The van der Waals surface area contributed by atoms with Crippen LogP contribution in [0.25, 0.3) is 0 Å². The second-order valence-electron chi connectivity index (χ2n) is 17.8. The molecule has 0 bridgehead atoms. The smallest absolute Gasteiger partial charge is 0.384 e. The van der Waals surface area contributed by atoms with Gasteiger partial charge in [-0.15, -0.1) is 0 Å². The molecule has 0 aromatic heterocycles. The minimum atomic E-state index is -0.840. The van der Waals surface area contributed by atoms with Crippen molar-refractivity contribution >= 4 is 11.9 Å². The van der Waals surface area contributed by atoms with E-state index in [1.807, 2.05) is 48.5 Å². The number of carbonyl (C=O) groups is 2. The lowest BCUT2D eigenvalue weighted by Gasteiger charge is -2.46. The molecule has 372 valence electrons. The number of hydrogen-bond acceptors (Lipinski definition) is 14. The topological polar surface area (TPSA) is 178 Å². The normalized spacial score (nSPS) is 19.2. The average molecular weight is 957 g/mol. The van der Waals surface area contributed by atoms with E-state index >= 15 is 0 Å². The van der Waals surface area contributed by atoms with E-state index in [-0.39, 0.29) is 45.1 Å². The number of esters is 2. The molecule has 0 saturated carbocycles. The molecule has 4 aromatic rings. The molecule has 4 unspecified atom stereocenters. The molecule has 2 aliphatic rings. The summed E-state index contributed by atoms with van der Waals surface area (Å²) in [5.41, 5.74) is 7.70. The van der Waals surface area contributed by atoms with Crippen molar-refractivity contribution in [3.05, 3.63) is 98.6 Å². The van der Waals surface area contributed by atoms with Crippen molar-refractivity contribution in [2.24, 2.45) is 0 Å². The van der Waals surface area contributed by atoms with Crippen LogP contribution in [-0.4, -0.2) is 139 Å². The molecule has 2 heterocycles. The van der Waals surface area contributed by atoms with Gasteiger partial charge in [-0.3, -0.25) is 0 Å². The third-order valence-electron chi connectivity index (χ3n) is 13.9. The highest BCUT2D eigenvalue weighted by Crippen LogP contribution is 2.51. The first-order valence-corrected chi connectivity index (χ1v) is 23.1. The van der Waals surface area contributed by atoms with Crippen LogP contribution in [0.5, 0.6) is 40.2 Å². The molecule has 3 N–H and O–H groups in total. The highest BCUT2D eigenvalue weighted by atomic mass is 16.5. The van der Waals surface area contributed by atoms with Crippen molar-refractivity contribution in [2.75, 3.05) is 103 Å². The lowest BCUT2D eigenvalue weighted by molar-refractivity contribution is -0.941. The zero-order valence-corrected chi connectivity index (χ0v) is 41.4. The number of ether oxygens (including phenoxy) is 9. The van der Waals surface area contributed by atoms with Crippen LogP contribution in [0.4, 0.5) is 0 Å². The van der Waals surface area contributed by atoms with E-state index in [9.17, 15) is 24.9 Å². The molecule has 0 aliphatic carbocycles. The molecule has 4 aromatic carbocycles. The molecule has 0 fully saturated rings. The van der Waals surface area contributed by atoms with Gasteiger partial charge >= 0.3 is 11.9 Å². The van der Waals surface area contributed by atoms with E-state index in [2.05, 4.69) is 25.9 Å². The number of nitrogens with zero attached hydrogens (tertiary/aromatic N) is 2. The van der Waals surface area contributed by atoms with Gasteiger partial charge in [-0.1, -0.05) is 12.1 Å². The fourth-order valence-corrected chi connectivity index (χ4v) is 10.4. The standard InChI is InChI=1S/C53H68N2O14/c1-54(22-18-36-30-45(64-6)52(66-8)53(67-9)48(36)41(54)26-34-12-14-43(62-4)44(27-34)63-5)20-10-24-68-46(59)16-17-47(60)69-25-11-21-55(2)23-19-35-28-38(31-56)40(33-58)51(65-7)49(35)50(55)37-13-15-42(61-3)39(29-37)32-57/h12-15,27-30,41,50,56-58H,10-11,18-26,31-33H2,1-9H3/q+2. The SMILES string of the molecule is COc1ccc(C2c3c(cc(CO)c(CO)c3OC)CC[N+]2(C)CCCOC(=O)C#CC(=O)OCCC[N+]2(C)CCc3cc(OC)c(OC)c(OC)c3C2Cc2ccc(OC)c(OC)c2)cc1CO. The van der Waals surface area contributed by atoms with Gasteiger partial charge in [0.05, 0.1) is 134 Å². The number of likely N-dealkylation sites (N-methyl/N-ethyl adjacent to an activating group) is 2. The van der Waals surface area contributed by atoms with Crippen LogP contribution in [0.2, 0.25) is 0 Å².